The van der Waals surface area contributed by atoms with Gasteiger partial charge < -0.3 is 16.2 Å². The molecule has 1 aromatic heterocycles. The fourth-order valence-electron chi connectivity index (χ4n) is 1.66. The van der Waals surface area contributed by atoms with Crippen molar-refractivity contribution in [1.29, 1.82) is 0 Å². The van der Waals surface area contributed by atoms with Crippen LogP contribution in [0.3, 0.4) is 0 Å². The zero-order valence-electron chi connectivity index (χ0n) is 12.3. The molecular formula is C13H21N5O2S. The van der Waals surface area contributed by atoms with Crippen molar-refractivity contribution >= 4 is 34.6 Å². The minimum Gasteiger partial charge on any atom is -0.477 e. The zero-order valence-corrected chi connectivity index (χ0v) is 13.1. The third-order valence-electron chi connectivity index (χ3n) is 2.59. The summed E-state index contributed by atoms with van der Waals surface area (Å²) in [5, 5.41) is 13.0. The van der Waals surface area contributed by atoms with Crippen LogP contribution < -0.4 is 11.1 Å². The molecule has 0 atom stereocenters. The van der Waals surface area contributed by atoms with E-state index in [-0.39, 0.29) is 16.4 Å². The number of nitrogens with one attached hydrogen (secondary N) is 1. The number of carbonyl (C=O) groups is 1. The fraction of sp³-hybridized carbons (Fsp3) is 0.538. The Kier molecular flexibility index (Phi) is 7.38. The number of anilines is 1. The predicted molar refractivity (Wildman–Crippen MR) is 86.8 cm³/mol. The van der Waals surface area contributed by atoms with Crippen LogP contribution in [0.5, 0.6) is 0 Å². The molecule has 1 heterocycles. The number of nitrogens with zero attached hydrogens (tertiary/aromatic N) is 3. The van der Waals surface area contributed by atoms with Crippen LogP contribution in [0.15, 0.2) is 9.98 Å². The van der Waals surface area contributed by atoms with E-state index < -0.39 is 5.97 Å². The number of rotatable bonds is 8. The molecule has 116 valence electrons. The molecule has 4 N–H and O–H groups in total. The minimum atomic E-state index is -1.04. The predicted octanol–water partition coefficient (Wildman–Crippen LogP) is 2.20. The van der Waals surface area contributed by atoms with Crippen LogP contribution in [0.2, 0.25) is 0 Å². The number of thiazole rings is 1. The van der Waals surface area contributed by atoms with Gasteiger partial charge in [0.2, 0.25) is 0 Å². The first-order valence-corrected chi connectivity index (χ1v) is 7.72. The van der Waals surface area contributed by atoms with Crippen LogP contribution in [-0.4, -0.2) is 41.3 Å². The maximum atomic E-state index is 11.3. The van der Waals surface area contributed by atoms with E-state index in [1.54, 1.807) is 0 Å². The third kappa shape index (κ3) is 5.14. The molecule has 0 aromatic carbocycles. The summed E-state index contributed by atoms with van der Waals surface area (Å²) in [6, 6.07) is 0. The van der Waals surface area contributed by atoms with E-state index in [0.717, 1.165) is 43.5 Å². The fourth-order valence-corrected chi connectivity index (χ4v) is 2.49. The number of aliphatic imine (C=N–C) groups is 2. The second-order valence-electron chi connectivity index (χ2n) is 4.21. The monoisotopic (exact) mass is 311 g/mol. The summed E-state index contributed by atoms with van der Waals surface area (Å²) < 4.78 is 0. The number of unbranched alkanes of at least 4 members (excludes halogenated alkanes) is 2. The molecule has 8 heteroatoms. The van der Waals surface area contributed by atoms with Crippen molar-refractivity contribution in [3.63, 3.8) is 0 Å². The van der Waals surface area contributed by atoms with Crippen LogP contribution in [0.1, 0.15) is 48.5 Å². The Balaban J connectivity index is 2.98. The van der Waals surface area contributed by atoms with Crippen LogP contribution in [-0.2, 0) is 0 Å². The highest BCUT2D eigenvalue weighted by atomic mass is 32.1. The molecule has 0 radical (unpaired) electrons. The SMILES string of the molecule is CCCCCNc1nc(C(N=CN)=NCC)c(C(=O)O)s1. The Morgan fingerprint density at radius 3 is 2.81 bits per heavy atom. The number of hydrogen-bond donors (Lipinski definition) is 3. The molecule has 0 spiro atoms. The molecule has 0 saturated heterocycles. The molecule has 1 aromatic rings. The lowest BCUT2D eigenvalue weighted by Gasteiger charge is -2.00. The number of carboxylic acid groups (broad SMARTS) is 1. The Bertz CT molecular complexity index is 525. The summed E-state index contributed by atoms with van der Waals surface area (Å²) in [7, 11) is 0. The van der Waals surface area contributed by atoms with E-state index in [1.807, 2.05) is 6.92 Å². The summed E-state index contributed by atoms with van der Waals surface area (Å²) in [5.41, 5.74) is 5.54. The summed E-state index contributed by atoms with van der Waals surface area (Å²) in [6.07, 6.45) is 4.36. The Labute approximate surface area is 128 Å². The van der Waals surface area contributed by atoms with Crippen molar-refractivity contribution in [3.05, 3.63) is 10.6 Å². The van der Waals surface area contributed by atoms with Gasteiger partial charge in [0.1, 0.15) is 10.6 Å². The average molecular weight is 311 g/mol. The van der Waals surface area contributed by atoms with Gasteiger partial charge in [0.15, 0.2) is 11.0 Å². The zero-order chi connectivity index (χ0) is 15.7. The standard InChI is InChI=1S/C13H21N5O2S/c1-3-5-6-7-16-13-18-9(10(21-13)12(19)20)11(15-4-2)17-8-14/h8H,3-7H2,1-2H3,(H,16,18)(H,19,20)(H2,14,15,17). The molecule has 21 heavy (non-hydrogen) atoms. The van der Waals surface area contributed by atoms with Crippen molar-refractivity contribution < 1.29 is 9.90 Å². The van der Waals surface area contributed by atoms with Crippen LogP contribution >= 0.6 is 11.3 Å². The number of hydrogen-bond acceptors (Lipinski definition) is 5. The first-order chi connectivity index (χ1) is 10.1. The van der Waals surface area contributed by atoms with E-state index in [9.17, 15) is 9.90 Å². The number of nitrogens with two attached hydrogens (primary N) is 1. The topological polar surface area (TPSA) is 113 Å². The second kappa shape index (κ2) is 9.06. The van der Waals surface area contributed by atoms with Crippen molar-refractivity contribution in [2.45, 2.75) is 33.1 Å². The lowest BCUT2D eigenvalue weighted by atomic mass is 10.2. The molecule has 0 fully saturated rings. The third-order valence-corrected chi connectivity index (χ3v) is 3.60. The number of aromatic carboxylic acids is 1. The van der Waals surface area contributed by atoms with Gasteiger partial charge in [-0.25, -0.2) is 14.8 Å². The van der Waals surface area contributed by atoms with Gasteiger partial charge in [0.25, 0.3) is 0 Å². The Morgan fingerprint density at radius 1 is 1.48 bits per heavy atom. The van der Waals surface area contributed by atoms with Crippen molar-refractivity contribution in [3.8, 4) is 0 Å². The molecule has 7 nitrogen and oxygen atoms in total. The van der Waals surface area contributed by atoms with Gasteiger partial charge in [-0.15, -0.1) is 0 Å². The van der Waals surface area contributed by atoms with Crippen molar-refractivity contribution in [2.75, 3.05) is 18.4 Å². The van der Waals surface area contributed by atoms with Crippen molar-refractivity contribution in [2.24, 2.45) is 15.7 Å². The second-order valence-corrected chi connectivity index (χ2v) is 5.21. The maximum Gasteiger partial charge on any atom is 0.348 e. The largest absolute Gasteiger partial charge is 0.477 e. The van der Waals surface area contributed by atoms with E-state index in [0.29, 0.717) is 11.7 Å². The van der Waals surface area contributed by atoms with E-state index in [4.69, 9.17) is 5.73 Å². The molecule has 0 aliphatic heterocycles. The molecule has 0 amide bonds. The normalized spacial score (nSPS) is 12.0. The van der Waals surface area contributed by atoms with E-state index in [2.05, 4.69) is 27.2 Å². The Hall–Kier alpha value is -1.96. The van der Waals surface area contributed by atoms with Crippen LogP contribution in [0, 0.1) is 0 Å². The van der Waals surface area contributed by atoms with Gasteiger partial charge in [0, 0.05) is 13.1 Å². The van der Waals surface area contributed by atoms with Crippen LogP contribution in [0.25, 0.3) is 0 Å². The van der Waals surface area contributed by atoms with E-state index in [1.165, 1.54) is 0 Å². The molecule has 0 saturated carbocycles. The number of carboxylic acids is 1. The number of aromatic nitrogens is 1. The van der Waals surface area contributed by atoms with E-state index >= 15 is 0 Å². The van der Waals surface area contributed by atoms with Gasteiger partial charge in [-0.1, -0.05) is 31.1 Å². The first-order valence-electron chi connectivity index (χ1n) is 6.91. The lowest BCUT2D eigenvalue weighted by Crippen LogP contribution is -2.08. The maximum absolute atomic E-state index is 11.3. The minimum absolute atomic E-state index is 0.116. The van der Waals surface area contributed by atoms with Gasteiger partial charge in [-0.05, 0) is 13.3 Å². The summed E-state index contributed by atoms with van der Waals surface area (Å²) in [6.45, 7) is 5.20. The highest BCUT2D eigenvalue weighted by Crippen LogP contribution is 2.24. The summed E-state index contributed by atoms with van der Waals surface area (Å²) in [5.74, 6) is -0.796. The quantitative estimate of drug-likeness (QED) is 0.387. The van der Waals surface area contributed by atoms with Crippen molar-refractivity contribution in [1.82, 2.24) is 4.98 Å². The molecule has 1 rings (SSSR count). The summed E-state index contributed by atoms with van der Waals surface area (Å²) in [4.78, 5) is 23.8. The van der Waals surface area contributed by atoms with Gasteiger partial charge >= 0.3 is 5.97 Å². The molecule has 0 unspecified atom stereocenters. The molecule has 0 bridgehead atoms. The molecule has 0 aliphatic carbocycles. The van der Waals surface area contributed by atoms with Gasteiger partial charge in [0.05, 0.1) is 6.34 Å². The molecular weight excluding hydrogens is 290 g/mol. The average Bonchev–Trinajstić information content (AvgIpc) is 2.88. The highest BCUT2D eigenvalue weighted by Gasteiger charge is 2.21. The number of amidine groups is 1. The van der Waals surface area contributed by atoms with Gasteiger partial charge in [-0.3, -0.25) is 4.99 Å². The first kappa shape index (κ1) is 17.1. The lowest BCUT2D eigenvalue weighted by molar-refractivity contribution is 0.0701. The smallest absolute Gasteiger partial charge is 0.348 e. The highest BCUT2D eigenvalue weighted by molar-refractivity contribution is 7.17. The van der Waals surface area contributed by atoms with Gasteiger partial charge in [-0.2, -0.15) is 0 Å². The Morgan fingerprint density at radius 2 is 2.24 bits per heavy atom. The van der Waals surface area contributed by atoms with Crippen LogP contribution in [0.4, 0.5) is 5.13 Å². The summed E-state index contributed by atoms with van der Waals surface area (Å²) >= 11 is 1.09. The molecule has 0 aliphatic rings.